The van der Waals surface area contributed by atoms with Crippen LogP contribution in [0.3, 0.4) is 0 Å². The molecule has 0 aliphatic rings. The largest absolute Gasteiger partial charge is 0.399 e. The zero-order valence-electron chi connectivity index (χ0n) is 28.3. The molecule has 2 nitrogen and oxygen atoms in total. The van der Waals surface area contributed by atoms with Gasteiger partial charge >= 0.3 is 0 Å². The quantitative estimate of drug-likeness (QED) is 0.0828. The zero-order valence-corrected chi connectivity index (χ0v) is 28.3. The van der Waals surface area contributed by atoms with E-state index in [0.29, 0.717) is 17.8 Å². The summed E-state index contributed by atoms with van der Waals surface area (Å²) in [6, 6.07) is 36.3. The van der Waals surface area contributed by atoms with Crippen LogP contribution in [0, 0.1) is 0 Å². The van der Waals surface area contributed by atoms with Crippen molar-refractivity contribution < 1.29 is 0 Å². The van der Waals surface area contributed by atoms with E-state index in [1.165, 1.54) is 104 Å². The Balaban J connectivity index is 1.59. The van der Waals surface area contributed by atoms with Crippen molar-refractivity contribution in [3.63, 3.8) is 0 Å². The minimum Gasteiger partial charge on any atom is -0.399 e. The van der Waals surface area contributed by atoms with Crippen LogP contribution in [0.5, 0.6) is 0 Å². The first-order valence-corrected chi connectivity index (χ1v) is 17.9. The highest BCUT2D eigenvalue weighted by atomic mass is 14.5. The van der Waals surface area contributed by atoms with Crippen molar-refractivity contribution in [1.29, 1.82) is 0 Å². The number of nitrogen functional groups attached to an aromatic ring is 2. The Morgan fingerprint density at radius 1 is 0.333 bits per heavy atom. The van der Waals surface area contributed by atoms with E-state index in [0.717, 1.165) is 24.2 Å². The molecule has 4 N–H and O–H groups in total. The molecule has 2 unspecified atom stereocenters. The predicted molar refractivity (Wildman–Crippen MR) is 197 cm³/mol. The van der Waals surface area contributed by atoms with E-state index in [-0.39, 0.29) is 0 Å². The number of rotatable bonds is 19. The summed E-state index contributed by atoms with van der Waals surface area (Å²) in [7, 11) is 0. The second kappa shape index (κ2) is 18.4. The smallest absolute Gasteiger partial charge is 0.0314 e. The van der Waals surface area contributed by atoms with Gasteiger partial charge in [0, 0.05) is 29.1 Å². The number of anilines is 2. The fraction of sp³-hybridized carbons (Fsp3) is 0.442. The summed E-state index contributed by atoms with van der Waals surface area (Å²) in [5, 5.41) is 0. The lowest BCUT2D eigenvalue weighted by molar-refractivity contribution is 0.568. The van der Waals surface area contributed by atoms with Gasteiger partial charge in [-0.2, -0.15) is 0 Å². The van der Waals surface area contributed by atoms with Crippen molar-refractivity contribution >= 4 is 11.4 Å². The lowest BCUT2D eigenvalue weighted by Gasteiger charge is -2.23. The molecule has 4 aromatic rings. The molecule has 4 aromatic carbocycles. The van der Waals surface area contributed by atoms with Crippen molar-refractivity contribution in [3.8, 4) is 0 Å². The highest BCUT2D eigenvalue weighted by molar-refractivity contribution is 5.45. The Hall–Kier alpha value is -3.52. The topological polar surface area (TPSA) is 52.0 Å². The number of hydrogen-bond acceptors (Lipinski definition) is 2. The Bertz CT molecular complexity index is 1250. The zero-order chi connectivity index (χ0) is 31.9. The highest BCUT2D eigenvalue weighted by Crippen LogP contribution is 2.36. The summed E-state index contributed by atoms with van der Waals surface area (Å²) in [6.45, 7) is 6.86. The molecule has 0 saturated heterocycles. The van der Waals surface area contributed by atoms with Crippen molar-refractivity contribution in [2.24, 2.45) is 0 Å². The lowest BCUT2D eigenvalue weighted by atomic mass is 9.82. The van der Waals surface area contributed by atoms with Crippen LogP contribution >= 0.6 is 0 Å². The maximum absolute atomic E-state index is 6.03. The summed E-state index contributed by atoms with van der Waals surface area (Å²) in [4.78, 5) is 0. The Morgan fingerprint density at radius 2 is 0.578 bits per heavy atom. The summed E-state index contributed by atoms with van der Waals surface area (Å²) in [6.07, 6.45) is 16.3. The third-order valence-electron chi connectivity index (χ3n) is 9.70. The van der Waals surface area contributed by atoms with Gasteiger partial charge in [-0.25, -0.2) is 0 Å². The van der Waals surface area contributed by atoms with Crippen molar-refractivity contribution in [1.82, 2.24) is 0 Å². The van der Waals surface area contributed by atoms with E-state index in [1.54, 1.807) is 0 Å². The van der Waals surface area contributed by atoms with Gasteiger partial charge in [0.05, 0.1) is 0 Å². The molecule has 0 aliphatic carbocycles. The number of benzene rings is 4. The third-order valence-corrected chi connectivity index (χ3v) is 9.70. The number of hydrogen-bond donors (Lipinski definition) is 2. The van der Waals surface area contributed by atoms with E-state index in [9.17, 15) is 0 Å². The van der Waals surface area contributed by atoms with Crippen LogP contribution in [-0.4, -0.2) is 0 Å². The standard InChI is InChI=1S/C43H58N2/c1-4-7-10-11-12-13-16-43(35-21-17-33(18-22-35)41(14-8-5-2)37-25-29-39(44)30-26-37)36-23-19-34(20-24-36)42(15-9-6-3)38-27-31-40(45)32-28-38/h17-32,41-43H,4-16,44-45H2,1-3H3. The molecule has 0 radical (unpaired) electrons. The van der Waals surface area contributed by atoms with E-state index < -0.39 is 0 Å². The molecule has 0 amide bonds. The Kier molecular flexibility index (Phi) is 14.1. The molecule has 2 atom stereocenters. The Labute approximate surface area is 274 Å². The normalized spacial score (nSPS) is 13.4. The maximum Gasteiger partial charge on any atom is 0.0314 e. The highest BCUT2D eigenvalue weighted by Gasteiger charge is 2.19. The minimum atomic E-state index is 0.407. The van der Waals surface area contributed by atoms with Crippen LogP contribution in [0.4, 0.5) is 11.4 Å². The van der Waals surface area contributed by atoms with Gasteiger partial charge in [-0.15, -0.1) is 0 Å². The van der Waals surface area contributed by atoms with Crippen molar-refractivity contribution in [2.75, 3.05) is 11.5 Å². The van der Waals surface area contributed by atoms with Gasteiger partial charge in [0.15, 0.2) is 0 Å². The van der Waals surface area contributed by atoms with Gasteiger partial charge in [0.2, 0.25) is 0 Å². The van der Waals surface area contributed by atoms with Gasteiger partial charge in [0.1, 0.15) is 0 Å². The van der Waals surface area contributed by atoms with Gasteiger partial charge in [-0.05, 0) is 76.9 Å². The SMILES string of the molecule is CCCCCCCCC(c1ccc(C(CCCC)c2ccc(N)cc2)cc1)c1ccc(C(CCCC)c2ccc(N)cc2)cc1. The Morgan fingerprint density at radius 3 is 0.889 bits per heavy atom. The summed E-state index contributed by atoms with van der Waals surface area (Å²) in [5.74, 6) is 1.23. The summed E-state index contributed by atoms with van der Waals surface area (Å²) < 4.78 is 0. The van der Waals surface area contributed by atoms with Gasteiger partial charge in [-0.3, -0.25) is 0 Å². The summed E-state index contributed by atoms with van der Waals surface area (Å²) >= 11 is 0. The molecule has 0 aromatic heterocycles. The first-order chi connectivity index (χ1) is 22.0. The molecule has 0 bridgehead atoms. The number of unbranched alkanes of at least 4 members (excludes halogenated alkanes) is 7. The van der Waals surface area contributed by atoms with Crippen molar-refractivity contribution in [2.45, 2.75) is 122 Å². The second-order valence-corrected chi connectivity index (χ2v) is 13.2. The average Bonchev–Trinajstić information content (AvgIpc) is 3.07. The molecule has 0 aliphatic heterocycles. The molecule has 0 heterocycles. The van der Waals surface area contributed by atoms with E-state index >= 15 is 0 Å². The molecular formula is C43H58N2. The molecule has 240 valence electrons. The lowest BCUT2D eigenvalue weighted by Crippen LogP contribution is -2.06. The van der Waals surface area contributed by atoms with Crippen LogP contribution < -0.4 is 11.5 Å². The molecule has 4 rings (SSSR count). The number of nitrogens with two attached hydrogens (primary N) is 2. The summed E-state index contributed by atoms with van der Waals surface area (Å²) in [5.41, 5.74) is 22.1. The monoisotopic (exact) mass is 602 g/mol. The molecule has 0 spiro atoms. The maximum atomic E-state index is 6.03. The van der Waals surface area contributed by atoms with Gasteiger partial charge in [-0.1, -0.05) is 158 Å². The van der Waals surface area contributed by atoms with Gasteiger partial charge < -0.3 is 11.5 Å². The molecule has 0 saturated carbocycles. The van der Waals surface area contributed by atoms with Crippen molar-refractivity contribution in [3.05, 3.63) is 130 Å². The fourth-order valence-electron chi connectivity index (χ4n) is 6.90. The van der Waals surface area contributed by atoms with Gasteiger partial charge in [0.25, 0.3) is 0 Å². The minimum absolute atomic E-state index is 0.407. The van der Waals surface area contributed by atoms with Crippen LogP contribution in [0.15, 0.2) is 97.1 Å². The van der Waals surface area contributed by atoms with Crippen LogP contribution in [-0.2, 0) is 0 Å². The third kappa shape index (κ3) is 10.2. The van der Waals surface area contributed by atoms with Crippen LogP contribution in [0.1, 0.15) is 155 Å². The molecule has 45 heavy (non-hydrogen) atoms. The first-order valence-electron chi connectivity index (χ1n) is 17.9. The fourth-order valence-corrected chi connectivity index (χ4v) is 6.90. The molecule has 2 heteroatoms. The second-order valence-electron chi connectivity index (χ2n) is 13.2. The average molecular weight is 603 g/mol. The first kappa shape index (κ1) is 34.4. The van der Waals surface area contributed by atoms with Crippen LogP contribution in [0.25, 0.3) is 0 Å². The van der Waals surface area contributed by atoms with Crippen LogP contribution in [0.2, 0.25) is 0 Å². The van der Waals surface area contributed by atoms with E-state index in [2.05, 4.69) is 93.6 Å². The van der Waals surface area contributed by atoms with E-state index in [1.807, 2.05) is 24.3 Å². The van der Waals surface area contributed by atoms with E-state index in [4.69, 9.17) is 11.5 Å². The molecular weight excluding hydrogens is 544 g/mol. The molecule has 0 fully saturated rings. The predicted octanol–water partition coefficient (Wildman–Crippen LogP) is 12.4.